The van der Waals surface area contributed by atoms with Gasteiger partial charge in [0.25, 0.3) is 0 Å². The number of ether oxygens (including phenoxy) is 2. The third kappa shape index (κ3) is 5.94. The third-order valence-corrected chi connectivity index (χ3v) is 3.71. The molecular formula is C10H20O3Si. The van der Waals surface area contributed by atoms with E-state index in [-0.39, 0.29) is 11.7 Å². The number of carbonyl (C=O) groups excluding carboxylic acids is 1. The SMILES string of the molecule is C=C(C)C(=O)OC(C)[SiH2]C(C)COC. The molecule has 2 unspecified atom stereocenters. The van der Waals surface area contributed by atoms with Crippen LogP contribution in [0.25, 0.3) is 0 Å². The zero-order valence-electron chi connectivity index (χ0n) is 9.50. The van der Waals surface area contributed by atoms with Crippen molar-refractivity contribution in [3.63, 3.8) is 0 Å². The molecule has 0 heterocycles. The molecule has 0 aromatic carbocycles. The van der Waals surface area contributed by atoms with Crippen LogP contribution in [0.4, 0.5) is 0 Å². The Balaban J connectivity index is 3.80. The van der Waals surface area contributed by atoms with Gasteiger partial charge < -0.3 is 9.47 Å². The van der Waals surface area contributed by atoms with Crippen LogP contribution in [-0.4, -0.2) is 34.9 Å². The maximum Gasteiger partial charge on any atom is 0.333 e. The van der Waals surface area contributed by atoms with Crippen molar-refractivity contribution in [2.75, 3.05) is 13.7 Å². The van der Waals surface area contributed by atoms with Crippen LogP contribution in [-0.2, 0) is 14.3 Å². The van der Waals surface area contributed by atoms with E-state index in [0.717, 1.165) is 6.61 Å². The Morgan fingerprint density at radius 1 is 1.50 bits per heavy atom. The monoisotopic (exact) mass is 216 g/mol. The van der Waals surface area contributed by atoms with Crippen molar-refractivity contribution in [2.24, 2.45) is 0 Å². The molecule has 0 bridgehead atoms. The first-order valence-corrected chi connectivity index (χ1v) is 6.46. The summed E-state index contributed by atoms with van der Waals surface area (Å²) in [5, 5.41) is 0. The smallest absolute Gasteiger partial charge is 0.333 e. The van der Waals surface area contributed by atoms with Crippen molar-refractivity contribution in [1.82, 2.24) is 0 Å². The van der Waals surface area contributed by atoms with Gasteiger partial charge in [0.1, 0.15) is 0 Å². The fourth-order valence-corrected chi connectivity index (χ4v) is 3.00. The topological polar surface area (TPSA) is 35.5 Å². The van der Waals surface area contributed by atoms with Crippen molar-refractivity contribution in [3.05, 3.63) is 12.2 Å². The highest BCUT2D eigenvalue weighted by Crippen LogP contribution is 2.06. The summed E-state index contributed by atoms with van der Waals surface area (Å²) in [5.74, 6) is -0.283. The molecule has 0 amide bonds. The fourth-order valence-electron chi connectivity index (χ4n) is 1.25. The predicted octanol–water partition coefficient (Wildman–Crippen LogP) is 1.08. The number of hydrogen-bond donors (Lipinski definition) is 0. The third-order valence-electron chi connectivity index (χ3n) is 1.84. The normalized spacial score (nSPS) is 15.4. The van der Waals surface area contributed by atoms with Gasteiger partial charge in [0.2, 0.25) is 0 Å². The number of carbonyl (C=O) groups is 1. The van der Waals surface area contributed by atoms with Crippen molar-refractivity contribution in [1.29, 1.82) is 0 Å². The summed E-state index contributed by atoms with van der Waals surface area (Å²) in [5.41, 5.74) is 1.06. The molecule has 0 aliphatic rings. The molecule has 0 N–H and O–H groups in total. The second kappa shape index (κ2) is 6.78. The lowest BCUT2D eigenvalue weighted by molar-refractivity contribution is -0.140. The Bertz CT molecular complexity index is 204. The molecule has 14 heavy (non-hydrogen) atoms. The van der Waals surface area contributed by atoms with Crippen LogP contribution < -0.4 is 0 Å². The number of esters is 1. The van der Waals surface area contributed by atoms with Crippen LogP contribution in [0.2, 0.25) is 5.54 Å². The molecule has 0 rings (SSSR count). The molecule has 0 saturated heterocycles. The summed E-state index contributed by atoms with van der Waals surface area (Å²) >= 11 is 0. The highest BCUT2D eigenvalue weighted by atomic mass is 28.2. The van der Waals surface area contributed by atoms with Gasteiger partial charge in [-0.3, -0.25) is 0 Å². The first kappa shape index (κ1) is 13.4. The van der Waals surface area contributed by atoms with Crippen molar-refractivity contribution < 1.29 is 14.3 Å². The lowest BCUT2D eigenvalue weighted by Crippen LogP contribution is -2.25. The largest absolute Gasteiger partial charge is 0.464 e. The molecule has 0 aliphatic heterocycles. The van der Waals surface area contributed by atoms with E-state index in [0.29, 0.717) is 11.1 Å². The van der Waals surface area contributed by atoms with Crippen molar-refractivity contribution in [2.45, 2.75) is 32.0 Å². The van der Waals surface area contributed by atoms with Gasteiger partial charge in [-0.15, -0.1) is 0 Å². The molecule has 3 nitrogen and oxygen atoms in total. The molecule has 0 saturated carbocycles. The molecule has 0 fully saturated rings. The summed E-state index contributed by atoms with van der Waals surface area (Å²) in [6.07, 6.45) is 0. The first-order valence-electron chi connectivity index (χ1n) is 4.82. The molecule has 4 heteroatoms. The minimum Gasteiger partial charge on any atom is -0.464 e. The van der Waals surface area contributed by atoms with Gasteiger partial charge in [0.15, 0.2) is 0 Å². The Morgan fingerprint density at radius 2 is 2.07 bits per heavy atom. The summed E-state index contributed by atoms with van der Waals surface area (Å²) in [7, 11) is 1.26. The Morgan fingerprint density at radius 3 is 2.50 bits per heavy atom. The van der Waals surface area contributed by atoms with Gasteiger partial charge in [-0.2, -0.15) is 0 Å². The second-order valence-corrected chi connectivity index (χ2v) is 6.81. The van der Waals surface area contributed by atoms with Gasteiger partial charge in [-0.1, -0.05) is 13.5 Å². The number of hydrogen-bond acceptors (Lipinski definition) is 3. The first-order chi connectivity index (χ1) is 6.47. The molecule has 2 atom stereocenters. The highest BCUT2D eigenvalue weighted by Gasteiger charge is 2.14. The van der Waals surface area contributed by atoms with E-state index in [9.17, 15) is 4.79 Å². The van der Waals surface area contributed by atoms with E-state index >= 15 is 0 Å². The van der Waals surface area contributed by atoms with Crippen LogP contribution in [0.5, 0.6) is 0 Å². The van der Waals surface area contributed by atoms with Gasteiger partial charge in [-0.05, 0) is 19.4 Å². The fraction of sp³-hybridized carbons (Fsp3) is 0.700. The van der Waals surface area contributed by atoms with Crippen LogP contribution >= 0.6 is 0 Å². The van der Waals surface area contributed by atoms with Crippen LogP contribution in [0.1, 0.15) is 20.8 Å². The molecule has 82 valence electrons. The summed E-state index contributed by atoms with van der Waals surface area (Å²) in [6.45, 7) is 10.0. The Labute approximate surface area is 88.3 Å². The van der Waals surface area contributed by atoms with E-state index < -0.39 is 9.52 Å². The van der Waals surface area contributed by atoms with Gasteiger partial charge in [0, 0.05) is 19.3 Å². The lowest BCUT2D eigenvalue weighted by Gasteiger charge is -2.16. The average molecular weight is 216 g/mol. The zero-order chi connectivity index (χ0) is 11.1. The molecule has 0 spiro atoms. The highest BCUT2D eigenvalue weighted by molar-refractivity contribution is 6.39. The van der Waals surface area contributed by atoms with Crippen LogP contribution in [0.3, 0.4) is 0 Å². The van der Waals surface area contributed by atoms with Gasteiger partial charge in [-0.25, -0.2) is 4.79 Å². The molecule has 0 radical (unpaired) electrons. The van der Waals surface area contributed by atoms with E-state index in [1.54, 1.807) is 14.0 Å². The summed E-state index contributed by atoms with van der Waals surface area (Å²) in [4.78, 5) is 11.2. The van der Waals surface area contributed by atoms with Crippen LogP contribution in [0.15, 0.2) is 12.2 Å². The number of methoxy groups -OCH3 is 1. The standard InChI is InChI=1S/C10H20O3Si/c1-7(2)10(11)13-9(4)14-8(3)6-12-5/h8-9H,1,6,14H2,2-5H3. The second-order valence-electron chi connectivity index (χ2n) is 3.79. The minimum absolute atomic E-state index is 0.0596. The molecule has 0 aromatic heterocycles. The zero-order valence-corrected chi connectivity index (χ0v) is 10.9. The van der Waals surface area contributed by atoms with Crippen molar-refractivity contribution in [3.8, 4) is 0 Å². The maximum absolute atomic E-state index is 11.2. The van der Waals surface area contributed by atoms with E-state index in [1.165, 1.54) is 0 Å². The molecule has 0 aliphatic carbocycles. The minimum atomic E-state index is -0.435. The van der Waals surface area contributed by atoms with E-state index in [2.05, 4.69) is 13.5 Å². The summed E-state index contributed by atoms with van der Waals surface area (Å²) in [6, 6.07) is 0. The van der Waals surface area contributed by atoms with Gasteiger partial charge >= 0.3 is 5.97 Å². The quantitative estimate of drug-likeness (QED) is 0.378. The molecule has 0 aromatic rings. The predicted molar refractivity (Wildman–Crippen MR) is 60.2 cm³/mol. The number of rotatable bonds is 6. The summed E-state index contributed by atoms with van der Waals surface area (Å²) < 4.78 is 10.2. The Kier molecular flexibility index (Phi) is 6.49. The van der Waals surface area contributed by atoms with Crippen molar-refractivity contribution >= 4 is 15.5 Å². The van der Waals surface area contributed by atoms with Gasteiger partial charge in [0.05, 0.1) is 15.2 Å². The Hall–Kier alpha value is -0.613. The molecular weight excluding hydrogens is 196 g/mol. The average Bonchev–Trinajstić information content (AvgIpc) is 2.03. The van der Waals surface area contributed by atoms with E-state index in [4.69, 9.17) is 9.47 Å². The van der Waals surface area contributed by atoms with E-state index in [1.807, 2.05) is 6.92 Å². The lowest BCUT2D eigenvalue weighted by atomic mass is 10.4. The van der Waals surface area contributed by atoms with Crippen LogP contribution in [0, 0.1) is 0 Å². The maximum atomic E-state index is 11.2.